The molecule has 3 heteroatoms. The second-order valence-electron chi connectivity index (χ2n) is 5.49. The third-order valence-electron chi connectivity index (χ3n) is 4.20. The Morgan fingerprint density at radius 1 is 1.41 bits per heavy atom. The van der Waals surface area contributed by atoms with Crippen LogP contribution < -0.4 is 5.32 Å². The molecule has 0 aromatic carbocycles. The Balaban J connectivity index is 1.64. The molecule has 2 fully saturated rings. The van der Waals surface area contributed by atoms with Crippen molar-refractivity contribution in [2.45, 2.75) is 51.1 Å². The number of carbonyl (C=O) groups excluding carboxylic acids is 1. The molecule has 0 radical (unpaired) electrons. The van der Waals surface area contributed by atoms with E-state index in [-0.39, 0.29) is 0 Å². The number of hydrogen-bond donors (Lipinski definition) is 1. The van der Waals surface area contributed by atoms with Crippen LogP contribution in [0.1, 0.15) is 47.3 Å². The number of fused-ring (bicyclic) bond motifs is 2. The molecule has 0 amide bonds. The fourth-order valence-electron chi connectivity index (χ4n) is 3.39. The molecule has 2 saturated heterocycles. The lowest BCUT2D eigenvalue weighted by Gasteiger charge is -2.28. The van der Waals surface area contributed by atoms with Gasteiger partial charge >= 0.3 is 0 Å². The van der Waals surface area contributed by atoms with Crippen molar-refractivity contribution in [3.8, 4) is 0 Å². The Hall–Kier alpha value is -0.670. The molecule has 92 valence electrons. The normalized spacial score (nSPS) is 31.7. The van der Waals surface area contributed by atoms with Crippen LogP contribution in [0.15, 0.2) is 11.4 Å². The van der Waals surface area contributed by atoms with E-state index in [0.29, 0.717) is 23.8 Å². The molecular formula is C14H19NOS. The van der Waals surface area contributed by atoms with Gasteiger partial charge in [0.1, 0.15) is 0 Å². The van der Waals surface area contributed by atoms with E-state index in [4.69, 9.17) is 0 Å². The molecule has 0 saturated carbocycles. The van der Waals surface area contributed by atoms with E-state index < -0.39 is 0 Å². The summed E-state index contributed by atoms with van der Waals surface area (Å²) < 4.78 is 0. The first-order valence-electron chi connectivity index (χ1n) is 6.55. The van der Waals surface area contributed by atoms with Crippen molar-refractivity contribution in [1.29, 1.82) is 0 Å². The number of carbonyl (C=O) groups is 1. The SMILES string of the molecule is Cc1sccc1C(=O)CC1CC2CCC(C1)N2. The summed E-state index contributed by atoms with van der Waals surface area (Å²) in [5.74, 6) is 0.968. The van der Waals surface area contributed by atoms with Crippen LogP contribution in [0.3, 0.4) is 0 Å². The Labute approximate surface area is 106 Å². The van der Waals surface area contributed by atoms with E-state index in [0.717, 1.165) is 12.0 Å². The van der Waals surface area contributed by atoms with Crippen LogP contribution >= 0.6 is 11.3 Å². The van der Waals surface area contributed by atoms with Gasteiger partial charge in [0.25, 0.3) is 0 Å². The molecule has 2 nitrogen and oxygen atoms in total. The molecule has 3 heterocycles. The van der Waals surface area contributed by atoms with Crippen molar-refractivity contribution in [2.75, 3.05) is 0 Å². The van der Waals surface area contributed by atoms with Gasteiger partial charge in [0.05, 0.1) is 0 Å². The molecule has 2 unspecified atom stereocenters. The molecule has 1 aromatic heterocycles. The Kier molecular flexibility index (Phi) is 3.05. The number of thiophene rings is 1. The smallest absolute Gasteiger partial charge is 0.164 e. The Bertz CT molecular complexity index is 414. The number of ketones is 1. The lowest BCUT2D eigenvalue weighted by molar-refractivity contribution is 0.0945. The zero-order chi connectivity index (χ0) is 11.8. The van der Waals surface area contributed by atoms with Crippen LogP contribution in [-0.4, -0.2) is 17.9 Å². The molecule has 2 bridgehead atoms. The van der Waals surface area contributed by atoms with Crippen molar-refractivity contribution in [3.05, 3.63) is 21.9 Å². The van der Waals surface area contributed by atoms with Crippen molar-refractivity contribution in [2.24, 2.45) is 5.92 Å². The van der Waals surface area contributed by atoms with E-state index in [1.807, 2.05) is 18.4 Å². The van der Waals surface area contributed by atoms with E-state index in [9.17, 15) is 4.79 Å². The molecule has 0 aliphatic carbocycles. The summed E-state index contributed by atoms with van der Waals surface area (Å²) >= 11 is 1.68. The highest BCUT2D eigenvalue weighted by Crippen LogP contribution is 2.33. The second kappa shape index (κ2) is 4.54. The van der Waals surface area contributed by atoms with Crippen LogP contribution in [0.2, 0.25) is 0 Å². The average Bonchev–Trinajstić information content (AvgIpc) is 2.85. The predicted octanol–water partition coefficient (Wildman–Crippen LogP) is 3.16. The number of hydrogen-bond acceptors (Lipinski definition) is 3. The van der Waals surface area contributed by atoms with Crippen LogP contribution in [0, 0.1) is 12.8 Å². The van der Waals surface area contributed by atoms with Gasteiger partial charge in [0.2, 0.25) is 0 Å². The third kappa shape index (κ3) is 2.31. The average molecular weight is 249 g/mol. The second-order valence-corrected chi connectivity index (χ2v) is 6.61. The molecule has 3 rings (SSSR count). The van der Waals surface area contributed by atoms with Crippen LogP contribution in [0.25, 0.3) is 0 Å². The Morgan fingerprint density at radius 3 is 2.71 bits per heavy atom. The molecule has 1 aromatic rings. The van der Waals surface area contributed by atoms with Gasteiger partial charge in [-0.05, 0) is 50.0 Å². The summed E-state index contributed by atoms with van der Waals surface area (Å²) in [4.78, 5) is 13.4. The highest BCUT2D eigenvalue weighted by molar-refractivity contribution is 7.10. The maximum atomic E-state index is 12.2. The monoisotopic (exact) mass is 249 g/mol. The molecular weight excluding hydrogens is 230 g/mol. The first-order valence-corrected chi connectivity index (χ1v) is 7.43. The quantitative estimate of drug-likeness (QED) is 0.834. The van der Waals surface area contributed by atoms with Crippen molar-refractivity contribution >= 4 is 17.1 Å². The summed E-state index contributed by atoms with van der Waals surface area (Å²) in [5.41, 5.74) is 0.959. The lowest BCUT2D eigenvalue weighted by Crippen LogP contribution is -2.38. The fourth-order valence-corrected chi connectivity index (χ4v) is 4.11. The zero-order valence-corrected chi connectivity index (χ0v) is 11.1. The van der Waals surface area contributed by atoms with Gasteiger partial charge < -0.3 is 5.32 Å². The Morgan fingerprint density at radius 2 is 2.12 bits per heavy atom. The summed E-state index contributed by atoms with van der Waals surface area (Å²) in [7, 11) is 0. The standard InChI is InChI=1S/C14H19NOS/c1-9-13(4-5-17-9)14(16)8-10-6-11-2-3-12(7-10)15-11/h4-5,10-12,15H,2-3,6-8H2,1H3. The van der Waals surface area contributed by atoms with Gasteiger partial charge in [-0.3, -0.25) is 4.79 Å². The molecule has 17 heavy (non-hydrogen) atoms. The summed E-state index contributed by atoms with van der Waals surface area (Å²) in [6.07, 6.45) is 5.78. The number of nitrogens with one attached hydrogen (secondary N) is 1. The van der Waals surface area contributed by atoms with Crippen LogP contribution in [0.5, 0.6) is 0 Å². The largest absolute Gasteiger partial charge is 0.311 e. The minimum atomic E-state index is 0.357. The predicted molar refractivity (Wildman–Crippen MR) is 70.7 cm³/mol. The van der Waals surface area contributed by atoms with Crippen molar-refractivity contribution in [1.82, 2.24) is 5.32 Å². The number of aryl methyl sites for hydroxylation is 1. The molecule has 0 spiro atoms. The molecule has 2 aliphatic rings. The number of piperidine rings is 1. The summed E-state index contributed by atoms with van der Waals surface area (Å²) in [6.45, 7) is 2.05. The topological polar surface area (TPSA) is 29.1 Å². The van der Waals surface area contributed by atoms with Crippen LogP contribution in [0.4, 0.5) is 0 Å². The maximum absolute atomic E-state index is 12.2. The molecule has 2 aliphatic heterocycles. The van der Waals surface area contributed by atoms with Gasteiger partial charge in [-0.25, -0.2) is 0 Å². The van der Waals surface area contributed by atoms with E-state index in [1.165, 1.54) is 30.6 Å². The van der Waals surface area contributed by atoms with Gasteiger partial charge in [-0.1, -0.05) is 0 Å². The van der Waals surface area contributed by atoms with Crippen LogP contribution in [-0.2, 0) is 0 Å². The minimum Gasteiger partial charge on any atom is -0.311 e. The molecule has 1 N–H and O–H groups in total. The minimum absolute atomic E-state index is 0.357. The summed E-state index contributed by atoms with van der Waals surface area (Å²) in [6, 6.07) is 3.36. The van der Waals surface area contributed by atoms with E-state index >= 15 is 0 Å². The third-order valence-corrected chi connectivity index (χ3v) is 5.05. The highest BCUT2D eigenvalue weighted by atomic mass is 32.1. The summed E-state index contributed by atoms with van der Waals surface area (Å²) in [5, 5.41) is 5.65. The molecule has 2 atom stereocenters. The maximum Gasteiger partial charge on any atom is 0.164 e. The first-order chi connectivity index (χ1) is 8.22. The highest BCUT2D eigenvalue weighted by Gasteiger charge is 2.34. The fraction of sp³-hybridized carbons (Fsp3) is 0.643. The lowest BCUT2D eigenvalue weighted by atomic mass is 9.87. The zero-order valence-electron chi connectivity index (χ0n) is 10.2. The van der Waals surface area contributed by atoms with E-state index in [1.54, 1.807) is 11.3 Å². The number of Topliss-reactive ketones (excluding diaryl/α,β-unsaturated/α-hetero) is 1. The first kappa shape index (κ1) is 11.4. The van der Waals surface area contributed by atoms with Crippen molar-refractivity contribution < 1.29 is 4.79 Å². The van der Waals surface area contributed by atoms with Crippen molar-refractivity contribution in [3.63, 3.8) is 0 Å². The van der Waals surface area contributed by atoms with Gasteiger partial charge in [-0.15, -0.1) is 11.3 Å². The van der Waals surface area contributed by atoms with Gasteiger partial charge in [0, 0.05) is 28.9 Å². The van der Waals surface area contributed by atoms with Gasteiger partial charge in [-0.2, -0.15) is 0 Å². The number of rotatable bonds is 3. The van der Waals surface area contributed by atoms with Gasteiger partial charge in [0.15, 0.2) is 5.78 Å². The van der Waals surface area contributed by atoms with E-state index in [2.05, 4.69) is 5.32 Å².